The second-order valence-corrected chi connectivity index (χ2v) is 12.2. The molecule has 6 atom stereocenters. The predicted octanol–water partition coefficient (Wildman–Crippen LogP) is 5.49. The number of hydrogen-bond acceptors (Lipinski definition) is 12. The summed E-state index contributed by atoms with van der Waals surface area (Å²) in [7, 11) is 7.64. The fourth-order valence-electron chi connectivity index (χ4n) is 6.68. The Morgan fingerprint density at radius 3 is 1.62 bits per heavy atom. The minimum Gasteiger partial charge on any atom is -0.504 e. The van der Waals surface area contributed by atoms with Crippen LogP contribution in [0.1, 0.15) is 48.8 Å². The Hall–Kier alpha value is -4.10. The van der Waals surface area contributed by atoms with Crippen molar-refractivity contribution in [2.45, 2.75) is 44.1 Å². The molecule has 0 amide bonds. The highest BCUT2D eigenvalue weighted by Crippen LogP contribution is 2.54. The highest BCUT2D eigenvalue weighted by molar-refractivity contribution is 5.56. The summed E-state index contributed by atoms with van der Waals surface area (Å²) in [5.74, 6) is 1.46. The molecule has 3 heterocycles. The normalized spacial score (nSPS) is 26.4. The van der Waals surface area contributed by atoms with E-state index >= 15 is 0 Å². The Bertz CT molecular complexity index is 1540. The Kier molecular flexibility index (Phi) is 9.21. The number of rotatable bonds is 10. The van der Waals surface area contributed by atoms with Crippen molar-refractivity contribution in [1.82, 2.24) is 0 Å². The van der Waals surface area contributed by atoms with E-state index in [0.29, 0.717) is 47.7 Å². The maximum atomic E-state index is 10.4. The van der Waals surface area contributed by atoms with Gasteiger partial charge in [-0.3, -0.25) is 0 Å². The number of phenolic OH excluding ortho intramolecular Hbond substituents is 2. The van der Waals surface area contributed by atoms with Crippen LogP contribution in [0.4, 0.5) is 0 Å². The van der Waals surface area contributed by atoms with E-state index in [1.165, 1.54) is 21.3 Å². The molecule has 0 radical (unpaired) electrons. The van der Waals surface area contributed by atoms with Gasteiger partial charge in [0.05, 0.1) is 67.6 Å². The van der Waals surface area contributed by atoms with Crippen molar-refractivity contribution < 1.29 is 57.6 Å². The number of benzene rings is 3. The molecule has 3 aromatic carbocycles. The number of phenols is 2. The maximum absolute atomic E-state index is 10.4. The van der Waals surface area contributed by atoms with Gasteiger partial charge in [-0.25, -0.2) is 0 Å². The van der Waals surface area contributed by atoms with Gasteiger partial charge in [-0.2, -0.15) is 0 Å². The summed E-state index contributed by atoms with van der Waals surface area (Å²) in [5, 5.41) is 20.6. The first kappa shape index (κ1) is 32.8. The molecule has 254 valence electrons. The van der Waals surface area contributed by atoms with Crippen molar-refractivity contribution in [3.05, 3.63) is 59.2 Å². The summed E-state index contributed by atoms with van der Waals surface area (Å²) in [6.07, 6.45) is -1.72. The smallest absolute Gasteiger partial charge is 0.204 e. The first-order valence-electron chi connectivity index (χ1n) is 15.4. The lowest BCUT2D eigenvalue weighted by Crippen LogP contribution is -2.46. The summed E-state index contributed by atoms with van der Waals surface area (Å²) < 4.78 is 59.4. The zero-order valence-corrected chi connectivity index (χ0v) is 27.6. The second kappa shape index (κ2) is 13.2. The SMILES string of the molecule is COc1cc([C@@H]2OC(C)(C)OC[C@@H]2Oc2c(OC)cc([C@@H]3OC[C@@H]4[C@H]3CO[C@H]4c3cc(OC)c(O)c(OC)c3)cc2OC)ccc1O. The van der Waals surface area contributed by atoms with Gasteiger partial charge in [0.1, 0.15) is 6.10 Å². The van der Waals surface area contributed by atoms with E-state index in [2.05, 4.69) is 0 Å². The zero-order chi connectivity index (χ0) is 33.5. The van der Waals surface area contributed by atoms with E-state index in [0.717, 1.165) is 16.7 Å². The largest absolute Gasteiger partial charge is 0.504 e. The molecular weight excluding hydrogens is 612 g/mol. The van der Waals surface area contributed by atoms with Gasteiger partial charge in [0.2, 0.25) is 11.5 Å². The third-order valence-corrected chi connectivity index (χ3v) is 9.05. The molecule has 3 aliphatic heterocycles. The van der Waals surface area contributed by atoms with Gasteiger partial charge >= 0.3 is 0 Å². The molecule has 6 rings (SSSR count). The average molecular weight is 655 g/mol. The second-order valence-electron chi connectivity index (χ2n) is 12.2. The van der Waals surface area contributed by atoms with Crippen molar-refractivity contribution in [2.75, 3.05) is 55.4 Å². The summed E-state index contributed by atoms with van der Waals surface area (Å²) in [5.41, 5.74) is 2.45. The van der Waals surface area contributed by atoms with Crippen LogP contribution in [0.2, 0.25) is 0 Å². The third kappa shape index (κ3) is 6.18. The summed E-state index contributed by atoms with van der Waals surface area (Å²) in [6, 6.07) is 12.4. The summed E-state index contributed by atoms with van der Waals surface area (Å²) >= 11 is 0. The Morgan fingerprint density at radius 2 is 1.11 bits per heavy atom. The van der Waals surface area contributed by atoms with Crippen LogP contribution in [-0.4, -0.2) is 77.5 Å². The fourth-order valence-corrected chi connectivity index (χ4v) is 6.68. The van der Waals surface area contributed by atoms with Crippen molar-refractivity contribution in [3.8, 4) is 46.0 Å². The Labute approximate surface area is 273 Å². The lowest BCUT2D eigenvalue weighted by atomic mass is 9.84. The molecule has 0 aliphatic carbocycles. The van der Waals surface area contributed by atoms with Crippen molar-refractivity contribution in [1.29, 1.82) is 0 Å². The van der Waals surface area contributed by atoms with Gasteiger partial charge in [0.25, 0.3) is 0 Å². The molecule has 47 heavy (non-hydrogen) atoms. The van der Waals surface area contributed by atoms with Gasteiger partial charge in [-0.05, 0) is 66.9 Å². The molecule has 3 aromatic rings. The van der Waals surface area contributed by atoms with E-state index < -0.39 is 18.0 Å². The molecule has 12 heteroatoms. The van der Waals surface area contributed by atoms with Gasteiger partial charge < -0.3 is 57.6 Å². The minimum absolute atomic E-state index is 0.0248. The van der Waals surface area contributed by atoms with Crippen LogP contribution >= 0.6 is 0 Å². The molecule has 0 unspecified atom stereocenters. The number of fused-ring (bicyclic) bond motifs is 1. The zero-order valence-electron chi connectivity index (χ0n) is 27.6. The van der Waals surface area contributed by atoms with Crippen molar-refractivity contribution in [2.24, 2.45) is 11.8 Å². The van der Waals surface area contributed by atoms with E-state index in [1.54, 1.807) is 44.6 Å². The van der Waals surface area contributed by atoms with Gasteiger partial charge in [0.15, 0.2) is 46.4 Å². The number of ether oxygens (including phenoxy) is 10. The van der Waals surface area contributed by atoms with Gasteiger partial charge in [0, 0.05) is 11.8 Å². The topological polar surface area (TPSA) is 133 Å². The molecule has 0 bridgehead atoms. The van der Waals surface area contributed by atoms with Gasteiger partial charge in [-0.15, -0.1) is 0 Å². The molecule has 0 saturated carbocycles. The maximum Gasteiger partial charge on any atom is 0.204 e. The van der Waals surface area contributed by atoms with E-state index in [9.17, 15) is 10.2 Å². The Balaban J connectivity index is 1.27. The molecule has 0 aromatic heterocycles. The van der Waals surface area contributed by atoms with Crippen molar-refractivity contribution in [3.63, 3.8) is 0 Å². The van der Waals surface area contributed by atoms with Crippen LogP contribution in [0.15, 0.2) is 42.5 Å². The molecule has 0 spiro atoms. The predicted molar refractivity (Wildman–Crippen MR) is 168 cm³/mol. The number of aromatic hydroxyl groups is 2. The average Bonchev–Trinajstić information content (AvgIpc) is 3.68. The monoisotopic (exact) mass is 654 g/mol. The van der Waals surface area contributed by atoms with Crippen LogP contribution in [-0.2, 0) is 18.9 Å². The third-order valence-electron chi connectivity index (χ3n) is 9.05. The first-order valence-corrected chi connectivity index (χ1v) is 15.4. The fraction of sp³-hybridized carbons (Fsp3) is 0.486. The number of hydrogen-bond donors (Lipinski definition) is 2. The first-order chi connectivity index (χ1) is 22.6. The molecule has 12 nitrogen and oxygen atoms in total. The highest BCUT2D eigenvalue weighted by Gasteiger charge is 2.49. The van der Waals surface area contributed by atoms with Crippen LogP contribution in [0.3, 0.4) is 0 Å². The van der Waals surface area contributed by atoms with Crippen LogP contribution < -0.4 is 28.4 Å². The molecule has 2 N–H and O–H groups in total. The van der Waals surface area contributed by atoms with Crippen LogP contribution in [0.5, 0.6) is 46.0 Å². The quantitative estimate of drug-likeness (QED) is 0.287. The highest BCUT2D eigenvalue weighted by atomic mass is 16.7. The van der Waals surface area contributed by atoms with E-state index in [-0.39, 0.29) is 42.1 Å². The van der Waals surface area contributed by atoms with E-state index in [4.69, 9.17) is 47.4 Å². The lowest BCUT2D eigenvalue weighted by molar-refractivity contribution is -0.302. The Morgan fingerprint density at radius 1 is 0.617 bits per heavy atom. The van der Waals surface area contributed by atoms with Gasteiger partial charge in [-0.1, -0.05) is 6.07 Å². The van der Waals surface area contributed by atoms with Crippen molar-refractivity contribution >= 4 is 0 Å². The molecule has 3 aliphatic rings. The number of methoxy groups -OCH3 is 5. The standard InChI is InChI=1S/C35H42O12/c1-35(2)45-17-29(33(47-35)18-8-9-23(36)24(10-18)38-3)46-34-27(41-6)13-20(14-28(34)42-7)32-22-16-43-31(21(22)15-44-32)19-11-25(39-4)30(37)26(12-19)40-5/h8-14,21-22,29,31-33,36-37H,15-17H2,1-7H3/t21-,22-,29+,31+,32+,33+/m1/s1. The molecular formula is C35H42O12. The van der Waals surface area contributed by atoms with Crippen LogP contribution in [0, 0.1) is 11.8 Å². The molecule has 3 saturated heterocycles. The summed E-state index contributed by atoms with van der Waals surface area (Å²) in [6.45, 7) is 4.84. The summed E-state index contributed by atoms with van der Waals surface area (Å²) in [4.78, 5) is 0. The van der Waals surface area contributed by atoms with E-state index in [1.807, 2.05) is 26.0 Å². The lowest BCUT2D eigenvalue weighted by Gasteiger charge is -2.41. The van der Waals surface area contributed by atoms with Crippen LogP contribution in [0.25, 0.3) is 0 Å². The molecule has 3 fully saturated rings. The minimum atomic E-state index is -0.873.